The van der Waals surface area contributed by atoms with Crippen LogP contribution in [-0.4, -0.2) is 45.3 Å². The zero-order valence-corrected chi connectivity index (χ0v) is 14.5. The second kappa shape index (κ2) is 11.3. The van der Waals surface area contributed by atoms with Crippen LogP contribution in [0, 0.1) is 0 Å². The molecule has 5 heteroatoms. The molecule has 23 heavy (non-hydrogen) atoms. The second-order valence-corrected chi connectivity index (χ2v) is 5.21. The van der Waals surface area contributed by atoms with Gasteiger partial charge in [-0.25, -0.2) is 0 Å². The molecule has 0 aliphatic carbocycles. The smallest absolute Gasteiger partial charge is 0.217 e. The number of carbonyl (C=O) groups excluding carboxylic acids is 1. The van der Waals surface area contributed by atoms with Crippen LogP contribution < -0.4 is 0 Å². The summed E-state index contributed by atoms with van der Waals surface area (Å²) in [4.78, 5) is 12.5. The van der Waals surface area contributed by atoms with Gasteiger partial charge in [-0.3, -0.25) is 4.79 Å². The first-order valence-electron chi connectivity index (χ1n) is 8.05. The van der Waals surface area contributed by atoms with Crippen molar-refractivity contribution in [1.82, 2.24) is 0 Å². The highest BCUT2D eigenvalue weighted by Gasteiger charge is 2.28. The van der Waals surface area contributed by atoms with Crippen LogP contribution in [0.25, 0.3) is 0 Å². The highest BCUT2D eigenvalue weighted by molar-refractivity contribution is 5.82. The molecule has 0 radical (unpaired) electrons. The van der Waals surface area contributed by atoms with E-state index in [0.717, 1.165) is 5.56 Å². The molecule has 1 aromatic carbocycles. The number of rotatable bonds is 12. The van der Waals surface area contributed by atoms with Gasteiger partial charge in [-0.2, -0.15) is 0 Å². The highest BCUT2D eigenvalue weighted by Crippen LogP contribution is 2.27. The number of hydrogen-bond donors (Lipinski definition) is 0. The third-order valence-corrected chi connectivity index (χ3v) is 3.56. The molecule has 0 spiro atoms. The van der Waals surface area contributed by atoms with Crippen molar-refractivity contribution in [3.63, 3.8) is 0 Å². The number of methoxy groups -OCH3 is 1. The van der Waals surface area contributed by atoms with Crippen molar-refractivity contribution in [3.05, 3.63) is 35.9 Å². The topological polar surface area (TPSA) is 54.0 Å². The Morgan fingerprint density at radius 2 is 1.65 bits per heavy atom. The van der Waals surface area contributed by atoms with E-state index in [1.807, 2.05) is 51.1 Å². The van der Waals surface area contributed by atoms with Crippen molar-refractivity contribution < 1.29 is 23.7 Å². The Morgan fingerprint density at radius 3 is 2.17 bits per heavy atom. The van der Waals surface area contributed by atoms with Crippen LogP contribution in [0.4, 0.5) is 0 Å². The average Bonchev–Trinajstić information content (AvgIpc) is 2.58. The summed E-state index contributed by atoms with van der Waals surface area (Å²) in [5, 5.41) is 0. The molecule has 5 nitrogen and oxygen atoms in total. The molecule has 0 N–H and O–H groups in total. The van der Waals surface area contributed by atoms with Gasteiger partial charge in [-0.1, -0.05) is 30.3 Å². The molecule has 0 saturated carbocycles. The maximum absolute atomic E-state index is 12.5. The first kappa shape index (κ1) is 19.8. The van der Waals surface area contributed by atoms with E-state index in [9.17, 15) is 4.79 Å². The summed E-state index contributed by atoms with van der Waals surface area (Å²) in [5.74, 6) is -0.155. The monoisotopic (exact) mass is 324 g/mol. The van der Waals surface area contributed by atoms with Crippen molar-refractivity contribution in [2.45, 2.75) is 45.5 Å². The standard InChI is InChI=1S/C18H28O5/c1-5-21-18(22-6-2)17(19)12-16(14(3)23-13-20-4)15-10-8-7-9-11-15/h7-11,14,16,18H,5-6,12-13H2,1-4H3/t14-,16-/m0/s1. The van der Waals surface area contributed by atoms with E-state index in [2.05, 4.69) is 0 Å². The fraction of sp³-hybridized carbons (Fsp3) is 0.611. The van der Waals surface area contributed by atoms with Gasteiger partial charge in [0.15, 0.2) is 5.78 Å². The quantitative estimate of drug-likeness (QED) is 0.553. The number of benzene rings is 1. The molecular formula is C18H28O5. The van der Waals surface area contributed by atoms with E-state index in [4.69, 9.17) is 18.9 Å². The average molecular weight is 324 g/mol. The molecule has 0 aliphatic rings. The van der Waals surface area contributed by atoms with Crippen LogP contribution in [0.2, 0.25) is 0 Å². The Morgan fingerprint density at radius 1 is 1.04 bits per heavy atom. The summed E-state index contributed by atoms with van der Waals surface area (Å²) >= 11 is 0. The van der Waals surface area contributed by atoms with Crippen LogP contribution in [0.1, 0.15) is 38.7 Å². The first-order valence-corrected chi connectivity index (χ1v) is 8.05. The van der Waals surface area contributed by atoms with Crippen LogP contribution in [-0.2, 0) is 23.7 Å². The Bertz CT molecular complexity index is 428. The minimum Gasteiger partial charge on any atom is -0.359 e. The number of hydrogen-bond acceptors (Lipinski definition) is 5. The van der Waals surface area contributed by atoms with Crippen LogP contribution >= 0.6 is 0 Å². The van der Waals surface area contributed by atoms with E-state index in [1.54, 1.807) is 7.11 Å². The SMILES string of the molecule is CCOC(OCC)C(=O)C[C@H](c1ccccc1)[C@H](C)OCOC. The maximum Gasteiger partial charge on any atom is 0.217 e. The van der Waals surface area contributed by atoms with E-state index < -0.39 is 6.29 Å². The van der Waals surface area contributed by atoms with Crippen LogP contribution in [0.15, 0.2) is 30.3 Å². The minimum atomic E-state index is -0.814. The predicted octanol–water partition coefficient (Wildman–Crippen LogP) is 3.14. The second-order valence-electron chi connectivity index (χ2n) is 5.21. The van der Waals surface area contributed by atoms with Crippen LogP contribution in [0.3, 0.4) is 0 Å². The Balaban J connectivity index is 2.85. The van der Waals surface area contributed by atoms with Gasteiger partial charge < -0.3 is 18.9 Å². The van der Waals surface area contributed by atoms with Gasteiger partial charge in [0.1, 0.15) is 6.79 Å². The molecular weight excluding hydrogens is 296 g/mol. The maximum atomic E-state index is 12.5. The molecule has 0 amide bonds. The van der Waals surface area contributed by atoms with Gasteiger partial charge >= 0.3 is 0 Å². The van der Waals surface area contributed by atoms with Crippen molar-refractivity contribution in [1.29, 1.82) is 0 Å². The van der Waals surface area contributed by atoms with Crippen molar-refractivity contribution in [2.24, 2.45) is 0 Å². The van der Waals surface area contributed by atoms with Gasteiger partial charge in [-0.05, 0) is 26.3 Å². The van der Waals surface area contributed by atoms with Gasteiger partial charge in [0.05, 0.1) is 6.10 Å². The van der Waals surface area contributed by atoms with Crippen molar-refractivity contribution >= 4 is 5.78 Å². The fourth-order valence-corrected chi connectivity index (χ4v) is 2.40. The highest BCUT2D eigenvalue weighted by atomic mass is 16.7. The Kier molecular flexibility index (Phi) is 9.71. The molecule has 0 aliphatic heterocycles. The molecule has 1 aromatic rings. The normalized spacial score (nSPS) is 14.0. The fourth-order valence-electron chi connectivity index (χ4n) is 2.40. The Hall–Kier alpha value is -1.27. The third-order valence-electron chi connectivity index (χ3n) is 3.56. The molecule has 130 valence electrons. The Labute approximate surface area is 138 Å². The summed E-state index contributed by atoms with van der Waals surface area (Å²) in [5.41, 5.74) is 1.05. The number of ketones is 1. The van der Waals surface area contributed by atoms with Gasteiger partial charge in [-0.15, -0.1) is 0 Å². The summed E-state index contributed by atoms with van der Waals surface area (Å²) in [6.07, 6.45) is -0.685. The number of Topliss-reactive ketones (excluding diaryl/α,β-unsaturated/α-hetero) is 1. The number of ether oxygens (including phenoxy) is 4. The van der Waals surface area contributed by atoms with Gasteiger partial charge in [0.25, 0.3) is 0 Å². The lowest BCUT2D eigenvalue weighted by molar-refractivity contribution is -0.169. The molecule has 0 heterocycles. The molecule has 0 fully saturated rings. The van der Waals surface area contributed by atoms with E-state index in [1.165, 1.54) is 0 Å². The largest absolute Gasteiger partial charge is 0.359 e. The summed E-state index contributed by atoms with van der Waals surface area (Å²) in [6, 6.07) is 9.87. The first-order chi connectivity index (χ1) is 11.1. The van der Waals surface area contributed by atoms with Gasteiger partial charge in [0.2, 0.25) is 6.29 Å². The third kappa shape index (κ3) is 6.79. The molecule has 0 bridgehead atoms. The molecule has 0 unspecified atom stereocenters. The van der Waals surface area contributed by atoms with Crippen molar-refractivity contribution in [3.8, 4) is 0 Å². The minimum absolute atomic E-state index is 0.0737. The lowest BCUT2D eigenvalue weighted by Gasteiger charge is -2.25. The summed E-state index contributed by atoms with van der Waals surface area (Å²) < 4.78 is 21.4. The van der Waals surface area contributed by atoms with E-state index >= 15 is 0 Å². The molecule has 0 saturated heterocycles. The zero-order valence-electron chi connectivity index (χ0n) is 14.5. The van der Waals surface area contributed by atoms with E-state index in [-0.39, 0.29) is 24.6 Å². The van der Waals surface area contributed by atoms with Crippen molar-refractivity contribution in [2.75, 3.05) is 27.1 Å². The zero-order chi connectivity index (χ0) is 17.1. The van der Waals surface area contributed by atoms with Crippen LogP contribution in [0.5, 0.6) is 0 Å². The lowest BCUT2D eigenvalue weighted by atomic mass is 9.89. The number of carbonyl (C=O) groups is 1. The molecule has 0 aromatic heterocycles. The van der Waals surface area contributed by atoms with E-state index in [0.29, 0.717) is 19.6 Å². The lowest BCUT2D eigenvalue weighted by Crippen LogP contribution is -2.31. The van der Waals surface area contributed by atoms with Gasteiger partial charge in [0, 0.05) is 32.7 Å². The molecule has 2 atom stereocenters. The predicted molar refractivity (Wildman–Crippen MR) is 88.3 cm³/mol. The summed E-state index contributed by atoms with van der Waals surface area (Å²) in [6.45, 7) is 6.69. The molecule has 1 rings (SSSR count). The summed E-state index contributed by atoms with van der Waals surface area (Å²) in [7, 11) is 1.58.